The molecule has 0 saturated carbocycles. The maximum atomic E-state index is 6.22. The molecule has 4 atom stereocenters. The van der Waals surface area contributed by atoms with E-state index in [2.05, 4.69) is 38.1 Å². The topological polar surface area (TPSA) is 30.9 Å². The Labute approximate surface area is 109 Å². The minimum absolute atomic E-state index is 0.593. The summed E-state index contributed by atoms with van der Waals surface area (Å²) in [5.74, 6) is 0. The van der Waals surface area contributed by atoms with Crippen molar-refractivity contribution in [2.24, 2.45) is 0 Å². The number of nitrogens with zero attached hydrogens (tertiary/aromatic N) is 1. The third kappa shape index (κ3) is 2.91. The van der Waals surface area contributed by atoms with Crippen molar-refractivity contribution in [2.45, 2.75) is 64.8 Å². The van der Waals surface area contributed by atoms with Gasteiger partial charge in [-0.2, -0.15) is 0 Å². The summed E-state index contributed by atoms with van der Waals surface area (Å²) in [5.41, 5.74) is 0. The zero-order valence-electron chi connectivity index (χ0n) is 11.6. The second-order valence-electron chi connectivity index (χ2n) is 5.44. The molecule has 4 nitrogen and oxygen atoms in total. The Morgan fingerprint density at radius 2 is 1.53 bits per heavy atom. The highest BCUT2D eigenvalue weighted by molar-refractivity contribution is 6.80. The van der Waals surface area contributed by atoms with Gasteiger partial charge in [0.05, 0.1) is 0 Å². The molecule has 0 aromatic heterocycles. The molecule has 17 heavy (non-hydrogen) atoms. The molecular weight excluding hydrogens is 266 g/mol. The van der Waals surface area contributed by atoms with Gasteiger partial charge in [-0.1, -0.05) is 6.42 Å². The molecule has 2 heterocycles. The van der Waals surface area contributed by atoms with Crippen LogP contribution in [-0.4, -0.2) is 43.9 Å². The summed E-state index contributed by atoms with van der Waals surface area (Å²) in [4.78, 5) is 0. The summed E-state index contributed by atoms with van der Waals surface area (Å²) >= 11 is 0. The van der Waals surface area contributed by atoms with Gasteiger partial charge in [0.2, 0.25) is 0 Å². The predicted molar refractivity (Wildman–Crippen MR) is 75.5 cm³/mol. The van der Waals surface area contributed by atoms with Gasteiger partial charge in [0.1, 0.15) is 0 Å². The highest BCUT2D eigenvalue weighted by Crippen LogP contribution is 2.32. The average Bonchev–Trinajstić information content (AvgIpc) is 2.13. The van der Waals surface area contributed by atoms with Crippen LogP contribution in [0.4, 0.5) is 0 Å². The molecular formula is C10H25NO3Si3. The number of hydrogen-bond donors (Lipinski definition) is 0. The lowest BCUT2D eigenvalue weighted by atomic mass is 10.0. The molecule has 2 aliphatic heterocycles. The molecule has 2 aliphatic rings. The highest BCUT2D eigenvalue weighted by Gasteiger charge is 2.50. The minimum Gasteiger partial charge on any atom is -0.420 e. The molecule has 0 N–H and O–H groups in total. The Balaban J connectivity index is 2.17. The van der Waals surface area contributed by atoms with Crippen LogP contribution in [0.25, 0.3) is 0 Å². The van der Waals surface area contributed by atoms with E-state index in [0.29, 0.717) is 12.1 Å². The zero-order valence-corrected chi connectivity index (χ0v) is 14.9. The first kappa shape index (κ1) is 13.9. The predicted octanol–water partition coefficient (Wildman–Crippen LogP) is 1.58. The van der Waals surface area contributed by atoms with E-state index in [-0.39, 0.29) is 0 Å². The van der Waals surface area contributed by atoms with Crippen LogP contribution >= 0.6 is 0 Å². The van der Waals surface area contributed by atoms with Crippen LogP contribution in [0.1, 0.15) is 33.1 Å². The summed E-state index contributed by atoms with van der Waals surface area (Å²) < 4.78 is 20.8. The van der Waals surface area contributed by atoms with E-state index in [1.807, 2.05) is 0 Å². The number of piperidine rings is 1. The molecule has 0 bridgehead atoms. The van der Waals surface area contributed by atoms with Crippen LogP contribution < -0.4 is 0 Å². The Morgan fingerprint density at radius 3 is 2.00 bits per heavy atom. The van der Waals surface area contributed by atoms with Crippen molar-refractivity contribution in [3.8, 4) is 0 Å². The van der Waals surface area contributed by atoms with Crippen molar-refractivity contribution >= 4 is 27.3 Å². The molecule has 2 fully saturated rings. The maximum absolute atomic E-state index is 6.22. The minimum atomic E-state index is -2.16. The molecule has 0 aliphatic carbocycles. The fourth-order valence-corrected chi connectivity index (χ4v) is 15.4. The van der Waals surface area contributed by atoms with Crippen molar-refractivity contribution in [3.63, 3.8) is 0 Å². The molecule has 0 amide bonds. The molecule has 0 spiro atoms. The Bertz CT molecular complexity index is 262. The smallest absolute Gasteiger partial charge is 0.406 e. The summed E-state index contributed by atoms with van der Waals surface area (Å²) in [5, 5.41) is 0. The van der Waals surface area contributed by atoms with Crippen molar-refractivity contribution < 1.29 is 12.3 Å². The van der Waals surface area contributed by atoms with Gasteiger partial charge >= 0.3 is 27.3 Å². The van der Waals surface area contributed by atoms with Crippen molar-refractivity contribution in [1.82, 2.24) is 4.57 Å². The van der Waals surface area contributed by atoms with E-state index >= 15 is 0 Å². The van der Waals surface area contributed by atoms with E-state index in [0.717, 1.165) is 0 Å². The molecule has 7 heteroatoms. The standard InChI is InChI=1S/C10H25NO3Si3/c1-9-7-6-8-10(2)11(9)17(5)13-15(3)12-16(4)14-17/h9-10,15-16H,6-8H2,1-5H3. The van der Waals surface area contributed by atoms with Crippen molar-refractivity contribution in [3.05, 3.63) is 0 Å². The quantitative estimate of drug-likeness (QED) is 0.687. The molecule has 2 rings (SSSR count). The van der Waals surface area contributed by atoms with Crippen LogP contribution in [0.5, 0.6) is 0 Å². The third-order valence-electron chi connectivity index (χ3n) is 3.82. The summed E-state index contributed by atoms with van der Waals surface area (Å²) in [6.45, 7) is 11.1. The first-order valence-corrected chi connectivity index (χ1v) is 13.2. The molecule has 2 saturated heterocycles. The second-order valence-corrected chi connectivity index (χ2v) is 13.0. The molecule has 4 unspecified atom stereocenters. The van der Waals surface area contributed by atoms with Gasteiger partial charge in [-0.15, -0.1) is 0 Å². The van der Waals surface area contributed by atoms with Gasteiger partial charge in [0.25, 0.3) is 0 Å². The first-order chi connectivity index (χ1) is 7.92. The molecule has 100 valence electrons. The van der Waals surface area contributed by atoms with Gasteiger partial charge in [-0.05, 0) is 46.3 Å². The van der Waals surface area contributed by atoms with Crippen LogP contribution in [0.15, 0.2) is 0 Å². The monoisotopic (exact) mass is 291 g/mol. The van der Waals surface area contributed by atoms with E-state index in [4.69, 9.17) is 12.3 Å². The normalized spacial score (nSPS) is 49.2. The van der Waals surface area contributed by atoms with Crippen molar-refractivity contribution in [2.75, 3.05) is 0 Å². The van der Waals surface area contributed by atoms with E-state index in [9.17, 15) is 0 Å². The van der Waals surface area contributed by atoms with Gasteiger partial charge in [-0.25, -0.2) is 0 Å². The summed E-state index contributed by atoms with van der Waals surface area (Å²) in [6, 6.07) is 1.19. The zero-order chi connectivity index (χ0) is 12.6. The van der Waals surface area contributed by atoms with E-state index in [1.165, 1.54) is 19.3 Å². The maximum Gasteiger partial charge on any atom is 0.406 e. The number of rotatable bonds is 1. The second kappa shape index (κ2) is 5.24. The van der Waals surface area contributed by atoms with Gasteiger partial charge in [0.15, 0.2) is 0 Å². The van der Waals surface area contributed by atoms with Crippen LogP contribution in [0.3, 0.4) is 0 Å². The molecule has 0 aromatic carbocycles. The third-order valence-corrected chi connectivity index (χ3v) is 14.9. The summed E-state index contributed by atoms with van der Waals surface area (Å²) in [7, 11) is -5.05. The lowest BCUT2D eigenvalue weighted by Crippen LogP contribution is -2.69. The van der Waals surface area contributed by atoms with Gasteiger partial charge in [-0.3, -0.25) is 4.57 Å². The van der Waals surface area contributed by atoms with Gasteiger partial charge < -0.3 is 12.3 Å². The van der Waals surface area contributed by atoms with E-state index in [1.54, 1.807) is 0 Å². The fourth-order valence-electron chi connectivity index (χ4n) is 3.31. The van der Waals surface area contributed by atoms with Crippen LogP contribution in [-0.2, 0) is 12.3 Å². The Kier molecular flexibility index (Phi) is 4.28. The molecule has 0 aromatic rings. The lowest BCUT2D eigenvalue weighted by molar-refractivity contribution is 0.112. The lowest BCUT2D eigenvalue weighted by Gasteiger charge is -2.51. The largest absolute Gasteiger partial charge is 0.420 e. The summed E-state index contributed by atoms with van der Waals surface area (Å²) in [6.07, 6.45) is 3.87. The average molecular weight is 292 g/mol. The first-order valence-electron chi connectivity index (χ1n) is 6.72. The Hall–Kier alpha value is 0.491. The number of hydrogen-bond acceptors (Lipinski definition) is 4. The SMILES string of the molecule is CC1CCCC(C)N1[Si]1(C)O[SiH](C)O[SiH](C)O1. The highest BCUT2D eigenvalue weighted by atomic mass is 28.5. The molecule has 0 radical (unpaired) electrons. The van der Waals surface area contributed by atoms with Crippen LogP contribution in [0.2, 0.25) is 19.6 Å². The van der Waals surface area contributed by atoms with Crippen LogP contribution in [0, 0.1) is 0 Å². The van der Waals surface area contributed by atoms with Gasteiger partial charge in [0, 0.05) is 12.1 Å². The van der Waals surface area contributed by atoms with E-state index < -0.39 is 27.3 Å². The van der Waals surface area contributed by atoms with Crippen molar-refractivity contribution in [1.29, 1.82) is 0 Å². The fraction of sp³-hybridized carbons (Fsp3) is 1.00. The Morgan fingerprint density at radius 1 is 1.06 bits per heavy atom.